The molecule has 0 spiro atoms. The summed E-state index contributed by atoms with van der Waals surface area (Å²) in [6.07, 6.45) is 2.71. The third kappa shape index (κ3) is 3.43. The van der Waals surface area contributed by atoms with E-state index in [1.165, 1.54) is 25.9 Å². The van der Waals surface area contributed by atoms with E-state index in [2.05, 4.69) is 38.1 Å². The molecule has 1 saturated heterocycles. The molecule has 1 aromatic heterocycles. The van der Waals surface area contributed by atoms with Crippen LogP contribution in [0.15, 0.2) is 9.98 Å². The SMILES string of the molecule is CC(CN1CCCC1)Nc1nc(Br)cs1. The predicted molar refractivity (Wildman–Crippen MR) is 68.6 cm³/mol. The molecule has 5 heteroatoms. The number of aromatic nitrogens is 1. The maximum atomic E-state index is 4.33. The van der Waals surface area contributed by atoms with Crippen molar-refractivity contribution >= 4 is 32.4 Å². The van der Waals surface area contributed by atoms with E-state index >= 15 is 0 Å². The van der Waals surface area contributed by atoms with Gasteiger partial charge >= 0.3 is 0 Å². The Labute approximate surface area is 103 Å². The average molecular weight is 290 g/mol. The van der Waals surface area contributed by atoms with Crippen molar-refractivity contribution < 1.29 is 0 Å². The van der Waals surface area contributed by atoms with Gasteiger partial charge in [-0.15, -0.1) is 11.3 Å². The summed E-state index contributed by atoms with van der Waals surface area (Å²) in [6, 6.07) is 0.473. The first-order valence-corrected chi connectivity index (χ1v) is 7.01. The van der Waals surface area contributed by atoms with Gasteiger partial charge in [0.2, 0.25) is 0 Å². The van der Waals surface area contributed by atoms with E-state index in [9.17, 15) is 0 Å². The summed E-state index contributed by atoms with van der Waals surface area (Å²) in [5.74, 6) is 0. The fraction of sp³-hybridized carbons (Fsp3) is 0.700. The van der Waals surface area contributed by atoms with Crippen molar-refractivity contribution in [1.82, 2.24) is 9.88 Å². The summed E-state index contributed by atoms with van der Waals surface area (Å²) >= 11 is 5.01. The lowest BCUT2D eigenvalue weighted by Crippen LogP contribution is -2.32. The molecule has 1 fully saturated rings. The number of thiazole rings is 1. The standard InChI is InChI=1S/C10H16BrN3S/c1-8(6-14-4-2-3-5-14)12-10-13-9(11)7-15-10/h7-8H,2-6H2,1H3,(H,12,13). The molecule has 2 rings (SSSR count). The molecule has 0 aromatic carbocycles. The molecule has 1 aromatic rings. The summed E-state index contributed by atoms with van der Waals surface area (Å²) in [7, 11) is 0. The van der Waals surface area contributed by atoms with E-state index in [1.54, 1.807) is 11.3 Å². The topological polar surface area (TPSA) is 28.2 Å². The summed E-state index contributed by atoms with van der Waals surface area (Å²) in [4.78, 5) is 6.84. The molecule has 1 aliphatic rings. The zero-order valence-corrected chi connectivity index (χ0v) is 11.3. The molecule has 0 amide bonds. The van der Waals surface area contributed by atoms with E-state index in [1.807, 2.05) is 5.38 Å². The van der Waals surface area contributed by atoms with E-state index in [4.69, 9.17) is 0 Å². The van der Waals surface area contributed by atoms with Gasteiger partial charge in [-0.2, -0.15) is 0 Å². The highest BCUT2D eigenvalue weighted by Crippen LogP contribution is 2.20. The Hall–Kier alpha value is -0.130. The molecule has 0 saturated carbocycles. The minimum atomic E-state index is 0.473. The molecular formula is C10H16BrN3S. The second kappa shape index (κ2) is 5.27. The van der Waals surface area contributed by atoms with Crippen LogP contribution in [0.5, 0.6) is 0 Å². The molecule has 0 radical (unpaired) electrons. The smallest absolute Gasteiger partial charge is 0.183 e. The third-order valence-corrected chi connectivity index (χ3v) is 4.06. The van der Waals surface area contributed by atoms with Crippen LogP contribution < -0.4 is 5.32 Å². The molecule has 3 nitrogen and oxygen atoms in total. The number of nitrogens with one attached hydrogen (secondary N) is 1. The van der Waals surface area contributed by atoms with Crippen molar-refractivity contribution in [3.63, 3.8) is 0 Å². The second-order valence-electron chi connectivity index (χ2n) is 4.03. The van der Waals surface area contributed by atoms with Gasteiger partial charge in [0.25, 0.3) is 0 Å². The monoisotopic (exact) mass is 289 g/mol. The quantitative estimate of drug-likeness (QED) is 0.924. The van der Waals surface area contributed by atoms with Gasteiger partial charge < -0.3 is 10.2 Å². The third-order valence-electron chi connectivity index (χ3n) is 2.58. The Morgan fingerprint density at radius 3 is 2.93 bits per heavy atom. The Kier molecular flexibility index (Phi) is 3.99. The van der Waals surface area contributed by atoms with Crippen molar-refractivity contribution in [2.75, 3.05) is 25.0 Å². The van der Waals surface area contributed by atoms with E-state index in [-0.39, 0.29) is 0 Å². The molecule has 1 atom stereocenters. The van der Waals surface area contributed by atoms with Crippen molar-refractivity contribution in [3.05, 3.63) is 9.98 Å². The fourth-order valence-electron chi connectivity index (χ4n) is 1.93. The van der Waals surface area contributed by atoms with Gasteiger partial charge in [-0.25, -0.2) is 4.98 Å². The van der Waals surface area contributed by atoms with Gasteiger partial charge in [0.1, 0.15) is 4.60 Å². The zero-order valence-electron chi connectivity index (χ0n) is 8.87. The Balaban J connectivity index is 1.78. The number of hydrogen-bond donors (Lipinski definition) is 1. The van der Waals surface area contributed by atoms with Crippen LogP contribution in [-0.2, 0) is 0 Å². The summed E-state index contributed by atoms with van der Waals surface area (Å²) in [6.45, 7) is 5.85. The molecular weight excluding hydrogens is 274 g/mol. The van der Waals surface area contributed by atoms with Crippen molar-refractivity contribution in [3.8, 4) is 0 Å². The highest BCUT2D eigenvalue weighted by atomic mass is 79.9. The van der Waals surface area contributed by atoms with Crippen LogP contribution in [0.4, 0.5) is 5.13 Å². The van der Waals surface area contributed by atoms with Crippen LogP contribution in [-0.4, -0.2) is 35.6 Å². The van der Waals surface area contributed by atoms with Gasteiger partial charge in [0, 0.05) is 18.0 Å². The molecule has 15 heavy (non-hydrogen) atoms. The van der Waals surface area contributed by atoms with Crippen LogP contribution in [0, 0.1) is 0 Å². The summed E-state index contributed by atoms with van der Waals surface area (Å²) in [5, 5.41) is 6.44. The second-order valence-corrected chi connectivity index (χ2v) is 5.70. The Morgan fingerprint density at radius 2 is 2.33 bits per heavy atom. The number of nitrogens with zero attached hydrogens (tertiary/aromatic N) is 2. The van der Waals surface area contributed by atoms with E-state index < -0.39 is 0 Å². The molecule has 1 aliphatic heterocycles. The van der Waals surface area contributed by atoms with Crippen LogP contribution in [0.3, 0.4) is 0 Å². The number of hydrogen-bond acceptors (Lipinski definition) is 4. The normalized spacial score (nSPS) is 19.3. The lowest BCUT2D eigenvalue weighted by molar-refractivity contribution is 0.328. The Bertz CT molecular complexity index is 309. The molecule has 84 valence electrons. The minimum absolute atomic E-state index is 0.473. The minimum Gasteiger partial charge on any atom is -0.358 e. The molecule has 2 heterocycles. The van der Waals surface area contributed by atoms with Gasteiger partial charge in [-0.3, -0.25) is 0 Å². The number of likely N-dealkylation sites (tertiary alicyclic amines) is 1. The maximum Gasteiger partial charge on any atom is 0.183 e. The van der Waals surface area contributed by atoms with Gasteiger partial charge in [-0.1, -0.05) is 0 Å². The fourth-order valence-corrected chi connectivity index (χ4v) is 3.19. The van der Waals surface area contributed by atoms with Crippen LogP contribution in [0.25, 0.3) is 0 Å². The predicted octanol–water partition coefficient (Wildman–Crippen LogP) is 2.80. The van der Waals surface area contributed by atoms with Crippen LogP contribution in [0.1, 0.15) is 19.8 Å². The first kappa shape index (κ1) is 11.4. The Morgan fingerprint density at radius 1 is 1.60 bits per heavy atom. The highest BCUT2D eigenvalue weighted by molar-refractivity contribution is 9.10. The van der Waals surface area contributed by atoms with Gasteiger partial charge in [-0.05, 0) is 48.8 Å². The largest absolute Gasteiger partial charge is 0.358 e. The number of halogens is 1. The maximum absolute atomic E-state index is 4.33. The number of rotatable bonds is 4. The molecule has 1 unspecified atom stereocenters. The highest BCUT2D eigenvalue weighted by Gasteiger charge is 2.14. The number of anilines is 1. The van der Waals surface area contributed by atoms with Crippen molar-refractivity contribution in [2.45, 2.75) is 25.8 Å². The van der Waals surface area contributed by atoms with Crippen LogP contribution in [0.2, 0.25) is 0 Å². The van der Waals surface area contributed by atoms with E-state index in [0.717, 1.165) is 16.3 Å². The molecule has 0 bridgehead atoms. The average Bonchev–Trinajstić information content (AvgIpc) is 2.77. The lowest BCUT2D eigenvalue weighted by Gasteiger charge is -2.20. The van der Waals surface area contributed by atoms with Gasteiger partial charge in [0.05, 0.1) is 0 Å². The van der Waals surface area contributed by atoms with Crippen molar-refractivity contribution in [2.24, 2.45) is 0 Å². The molecule has 0 aliphatic carbocycles. The van der Waals surface area contributed by atoms with Crippen LogP contribution >= 0.6 is 27.3 Å². The van der Waals surface area contributed by atoms with E-state index in [0.29, 0.717) is 6.04 Å². The van der Waals surface area contributed by atoms with Gasteiger partial charge in [0.15, 0.2) is 5.13 Å². The summed E-state index contributed by atoms with van der Waals surface area (Å²) in [5.41, 5.74) is 0. The summed E-state index contributed by atoms with van der Waals surface area (Å²) < 4.78 is 0.920. The first-order valence-electron chi connectivity index (χ1n) is 5.34. The van der Waals surface area contributed by atoms with Crippen molar-refractivity contribution in [1.29, 1.82) is 0 Å². The molecule has 1 N–H and O–H groups in total. The zero-order chi connectivity index (χ0) is 10.7. The first-order chi connectivity index (χ1) is 7.24. The lowest BCUT2D eigenvalue weighted by atomic mass is 10.3.